The topological polar surface area (TPSA) is 62.1 Å². The number of ether oxygens (including phenoxy) is 1. The number of carbonyl (C=O) groups excluding carboxylic acids is 1. The van der Waals surface area contributed by atoms with E-state index < -0.39 is 0 Å². The average Bonchev–Trinajstić information content (AvgIpc) is 2.41. The van der Waals surface area contributed by atoms with Crippen molar-refractivity contribution in [1.82, 2.24) is 5.32 Å². The average molecular weight is 258 g/mol. The number of benzene rings is 1. The van der Waals surface area contributed by atoms with Crippen LogP contribution >= 0.6 is 0 Å². The summed E-state index contributed by atoms with van der Waals surface area (Å²) in [7, 11) is 1.61. The number of amides is 1. The molecule has 0 saturated carbocycles. The van der Waals surface area contributed by atoms with Crippen molar-refractivity contribution in [3.05, 3.63) is 41.0 Å². The number of nitrogens with one attached hydrogen (secondary N) is 1. The number of hydrogen-bond acceptors (Lipinski definition) is 3. The Morgan fingerprint density at radius 3 is 2.95 bits per heavy atom. The number of hydrogen-bond donors (Lipinski definition) is 1. The molecule has 1 amide bonds. The predicted octanol–water partition coefficient (Wildman–Crippen LogP) is 2.05. The maximum atomic E-state index is 11.8. The van der Waals surface area contributed by atoms with E-state index in [-0.39, 0.29) is 11.5 Å². The number of nitriles is 1. The van der Waals surface area contributed by atoms with E-state index >= 15 is 0 Å². The summed E-state index contributed by atoms with van der Waals surface area (Å²) in [4.78, 5) is 11.8. The zero-order chi connectivity index (χ0) is 14.1. The van der Waals surface area contributed by atoms with Crippen LogP contribution in [-0.4, -0.2) is 26.2 Å². The van der Waals surface area contributed by atoms with E-state index in [2.05, 4.69) is 5.32 Å². The minimum atomic E-state index is -0.347. The standard InChI is InChI=1S/C15H18N2O2/c1-12-5-3-6-13(9-12)10-14(11-16)15(18)17-7-4-8-19-2/h3,5-6,9-10H,4,7-8H2,1-2H3,(H,17,18)/b14-10+. The number of nitrogens with zero attached hydrogens (tertiary/aromatic N) is 1. The van der Waals surface area contributed by atoms with Gasteiger partial charge in [-0.25, -0.2) is 0 Å². The molecule has 0 atom stereocenters. The molecule has 1 rings (SSSR count). The van der Waals surface area contributed by atoms with Gasteiger partial charge < -0.3 is 10.1 Å². The second kappa shape index (κ2) is 8.06. The van der Waals surface area contributed by atoms with Crippen molar-refractivity contribution < 1.29 is 9.53 Å². The Kier molecular flexibility index (Phi) is 6.34. The molecular weight excluding hydrogens is 240 g/mol. The van der Waals surface area contributed by atoms with Gasteiger partial charge in [-0.15, -0.1) is 0 Å². The van der Waals surface area contributed by atoms with Gasteiger partial charge >= 0.3 is 0 Å². The SMILES string of the molecule is COCCCNC(=O)/C(C#N)=C/c1cccc(C)c1. The van der Waals surface area contributed by atoms with Crippen molar-refractivity contribution in [3.8, 4) is 6.07 Å². The fourth-order valence-electron chi connectivity index (χ4n) is 1.59. The van der Waals surface area contributed by atoms with Crippen LogP contribution in [0, 0.1) is 18.3 Å². The van der Waals surface area contributed by atoms with Crippen molar-refractivity contribution in [2.75, 3.05) is 20.3 Å². The third-order valence-electron chi connectivity index (χ3n) is 2.53. The predicted molar refractivity (Wildman–Crippen MR) is 74.3 cm³/mol. The van der Waals surface area contributed by atoms with Crippen LogP contribution in [-0.2, 0) is 9.53 Å². The van der Waals surface area contributed by atoms with E-state index in [9.17, 15) is 4.79 Å². The van der Waals surface area contributed by atoms with Crippen LogP contribution in [0.25, 0.3) is 6.08 Å². The molecule has 4 heteroatoms. The minimum Gasteiger partial charge on any atom is -0.385 e. The summed E-state index contributed by atoms with van der Waals surface area (Å²) in [6.07, 6.45) is 2.32. The first-order valence-electron chi connectivity index (χ1n) is 6.13. The zero-order valence-electron chi connectivity index (χ0n) is 11.3. The van der Waals surface area contributed by atoms with Gasteiger partial charge in [-0.3, -0.25) is 4.79 Å². The summed E-state index contributed by atoms with van der Waals surface area (Å²) in [6, 6.07) is 9.58. The highest BCUT2D eigenvalue weighted by molar-refractivity contribution is 6.01. The molecule has 1 N–H and O–H groups in total. The first kappa shape index (κ1) is 14.9. The molecule has 0 radical (unpaired) electrons. The lowest BCUT2D eigenvalue weighted by Gasteiger charge is -2.04. The fraction of sp³-hybridized carbons (Fsp3) is 0.333. The molecule has 0 saturated heterocycles. The van der Waals surface area contributed by atoms with Crippen LogP contribution in [0.5, 0.6) is 0 Å². The second-order valence-corrected chi connectivity index (χ2v) is 4.19. The maximum Gasteiger partial charge on any atom is 0.261 e. The van der Waals surface area contributed by atoms with E-state index in [1.165, 1.54) is 0 Å². The fourth-order valence-corrected chi connectivity index (χ4v) is 1.59. The largest absolute Gasteiger partial charge is 0.385 e. The van der Waals surface area contributed by atoms with Gasteiger partial charge in [0.25, 0.3) is 5.91 Å². The van der Waals surface area contributed by atoms with Gasteiger partial charge in [0.2, 0.25) is 0 Å². The van der Waals surface area contributed by atoms with Gasteiger partial charge in [0.05, 0.1) is 0 Å². The van der Waals surface area contributed by atoms with Gasteiger partial charge in [-0.1, -0.05) is 29.8 Å². The maximum absolute atomic E-state index is 11.8. The van der Waals surface area contributed by atoms with Crippen LogP contribution < -0.4 is 5.32 Å². The van der Waals surface area contributed by atoms with E-state index in [0.717, 1.165) is 17.5 Å². The number of carbonyl (C=O) groups is 1. The molecule has 0 unspecified atom stereocenters. The van der Waals surface area contributed by atoms with E-state index in [4.69, 9.17) is 10.00 Å². The van der Waals surface area contributed by atoms with E-state index in [1.54, 1.807) is 13.2 Å². The molecule has 0 aliphatic carbocycles. The molecule has 0 aliphatic heterocycles. The van der Waals surface area contributed by atoms with Crippen molar-refractivity contribution in [3.63, 3.8) is 0 Å². The van der Waals surface area contributed by atoms with Gasteiger partial charge in [-0.05, 0) is 25.0 Å². The summed E-state index contributed by atoms with van der Waals surface area (Å²) in [5.41, 5.74) is 2.05. The number of rotatable bonds is 6. The Hall–Kier alpha value is -2.12. The first-order valence-corrected chi connectivity index (χ1v) is 6.13. The molecule has 0 fully saturated rings. The zero-order valence-corrected chi connectivity index (χ0v) is 11.3. The smallest absolute Gasteiger partial charge is 0.261 e. The Morgan fingerprint density at radius 2 is 2.32 bits per heavy atom. The highest BCUT2D eigenvalue weighted by Gasteiger charge is 2.07. The highest BCUT2D eigenvalue weighted by atomic mass is 16.5. The van der Waals surface area contributed by atoms with Crippen molar-refractivity contribution in [1.29, 1.82) is 5.26 Å². The monoisotopic (exact) mass is 258 g/mol. The van der Waals surface area contributed by atoms with Crippen molar-refractivity contribution in [2.24, 2.45) is 0 Å². The Labute approximate surface area is 113 Å². The molecule has 4 nitrogen and oxygen atoms in total. The molecule has 0 bridgehead atoms. The van der Waals surface area contributed by atoms with Gasteiger partial charge in [0.1, 0.15) is 11.6 Å². The summed E-state index contributed by atoms with van der Waals surface area (Å²) in [5.74, 6) is -0.347. The molecular formula is C15H18N2O2. The molecule has 0 heterocycles. The third kappa shape index (κ3) is 5.36. The van der Waals surface area contributed by atoms with Crippen LogP contribution in [0.15, 0.2) is 29.8 Å². The van der Waals surface area contributed by atoms with Crippen molar-refractivity contribution >= 4 is 12.0 Å². The van der Waals surface area contributed by atoms with Crippen LogP contribution in [0.4, 0.5) is 0 Å². The molecule has 0 aliphatic rings. The van der Waals surface area contributed by atoms with Crippen LogP contribution in [0.3, 0.4) is 0 Å². The third-order valence-corrected chi connectivity index (χ3v) is 2.53. The van der Waals surface area contributed by atoms with Crippen LogP contribution in [0.2, 0.25) is 0 Å². The summed E-state index contributed by atoms with van der Waals surface area (Å²) in [5, 5.41) is 11.7. The summed E-state index contributed by atoms with van der Waals surface area (Å²) in [6.45, 7) is 3.05. The van der Waals surface area contributed by atoms with Gasteiger partial charge in [-0.2, -0.15) is 5.26 Å². The Balaban J connectivity index is 2.67. The Bertz CT molecular complexity index is 501. The number of methoxy groups -OCH3 is 1. The van der Waals surface area contributed by atoms with E-state index in [1.807, 2.05) is 37.3 Å². The van der Waals surface area contributed by atoms with Gasteiger partial charge in [0.15, 0.2) is 0 Å². The van der Waals surface area contributed by atoms with Crippen LogP contribution in [0.1, 0.15) is 17.5 Å². The quantitative estimate of drug-likeness (QED) is 0.482. The molecule has 19 heavy (non-hydrogen) atoms. The molecule has 1 aromatic rings. The number of aryl methyl sites for hydroxylation is 1. The Morgan fingerprint density at radius 1 is 1.53 bits per heavy atom. The molecule has 1 aromatic carbocycles. The first-order chi connectivity index (χ1) is 9.17. The lowest BCUT2D eigenvalue weighted by atomic mass is 10.1. The van der Waals surface area contributed by atoms with Crippen molar-refractivity contribution in [2.45, 2.75) is 13.3 Å². The second-order valence-electron chi connectivity index (χ2n) is 4.19. The lowest BCUT2D eigenvalue weighted by Crippen LogP contribution is -2.26. The summed E-state index contributed by atoms with van der Waals surface area (Å²) >= 11 is 0. The molecule has 0 spiro atoms. The molecule has 0 aromatic heterocycles. The van der Waals surface area contributed by atoms with Gasteiger partial charge in [0, 0.05) is 20.3 Å². The molecule has 100 valence electrons. The normalized spacial score (nSPS) is 10.9. The minimum absolute atomic E-state index is 0.114. The lowest BCUT2D eigenvalue weighted by molar-refractivity contribution is -0.117. The highest BCUT2D eigenvalue weighted by Crippen LogP contribution is 2.09. The van der Waals surface area contributed by atoms with E-state index in [0.29, 0.717) is 13.2 Å². The summed E-state index contributed by atoms with van der Waals surface area (Å²) < 4.78 is 4.89.